The smallest absolute Gasteiger partial charge is 0.143 e. The predicted molar refractivity (Wildman–Crippen MR) is 32.7 cm³/mol. The van der Waals surface area contributed by atoms with Gasteiger partial charge in [0.15, 0.2) is 0 Å². The van der Waals surface area contributed by atoms with Crippen LogP contribution < -0.4 is 5.73 Å². The maximum atomic E-state index is 5.24. The summed E-state index contributed by atoms with van der Waals surface area (Å²) in [5.41, 5.74) is 6.96. The molecule has 0 fully saturated rings. The minimum atomic E-state index is 0.636. The largest absolute Gasteiger partial charge is 0.330 e. The summed E-state index contributed by atoms with van der Waals surface area (Å²) in [6.07, 6.45) is 0.795. The number of hydrogen-bond acceptors (Lipinski definition) is 4. The van der Waals surface area contributed by atoms with Gasteiger partial charge in [0.2, 0.25) is 0 Å². The molecule has 0 saturated carbocycles. The second-order valence-corrected chi connectivity index (χ2v) is 1.99. The molecule has 0 aliphatic rings. The molecule has 3 nitrogen and oxygen atoms in total. The van der Waals surface area contributed by atoms with Crippen molar-refractivity contribution in [2.24, 2.45) is 5.73 Å². The van der Waals surface area contributed by atoms with Crippen LogP contribution in [0.3, 0.4) is 0 Å². The average molecular weight is 129 g/mol. The van der Waals surface area contributed by atoms with Crippen molar-refractivity contribution in [3.8, 4) is 0 Å². The molecule has 4 heteroatoms. The predicted octanol–water partition coefficient (Wildman–Crippen LogP) is 0.0393. The molecule has 0 amide bonds. The first-order valence-electron chi connectivity index (χ1n) is 2.39. The normalized spacial score (nSPS) is 9.62. The second-order valence-electron chi connectivity index (χ2n) is 1.39. The number of nitrogens with two attached hydrogens (primary N) is 1. The molecule has 1 aromatic rings. The molecule has 0 bridgehead atoms. The van der Waals surface area contributed by atoms with Crippen LogP contribution in [0.5, 0.6) is 0 Å². The Balaban J connectivity index is 2.50. The van der Waals surface area contributed by atoms with Crippen molar-refractivity contribution in [3.63, 3.8) is 0 Å². The van der Waals surface area contributed by atoms with Crippen molar-refractivity contribution in [3.05, 3.63) is 11.3 Å². The van der Waals surface area contributed by atoms with Gasteiger partial charge < -0.3 is 5.73 Å². The summed E-state index contributed by atoms with van der Waals surface area (Å²) in [6, 6.07) is 0. The zero-order valence-electron chi connectivity index (χ0n) is 4.37. The van der Waals surface area contributed by atoms with E-state index in [0.717, 1.165) is 12.2 Å². The Morgan fingerprint density at radius 1 is 1.75 bits per heavy atom. The lowest BCUT2D eigenvalue weighted by Crippen LogP contribution is -2.03. The van der Waals surface area contributed by atoms with E-state index in [4.69, 9.17) is 5.73 Å². The van der Waals surface area contributed by atoms with Crippen LogP contribution in [0, 0.1) is 0 Å². The highest BCUT2D eigenvalue weighted by molar-refractivity contribution is 7.03. The SMILES string of the molecule is NCCc1ncsn1. The Morgan fingerprint density at radius 2 is 2.62 bits per heavy atom. The lowest BCUT2D eigenvalue weighted by Gasteiger charge is -1.83. The maximum absolute atomic E-state index is 5.24. The number of nitrogens with zero attached hydrogens (tertiary/aromatic N) is 2. The molecule has 2 N–H and O–H groups in total. The van der Waals surface area contributed by atoms with Crippen LogP contribution in [-0.4, -0.2) is 15.9 Å². The van der Waals surface area contributed by atoms with Gasteiger partial charge in [-0.2, -0.15) is 4.37 Å². The first kappa shape index (κ1) is 5.65. The van der Waals surface area contributed by atoms with E-state index in [0.29, 0.717) is 6.54 Å². The molecular formula is C4H7N3S. The van der Waals surface area contributed by atoms with Crippen LogP contribution in [0.4, 0.5) is 0 Å². The third kappa shape index (κ3) is 1.24. The molecule has 0 spiro atoms. The Hall–Kier alpha value is -0.480. The summed E-state index contributed by atoms with van der Waals surface area (Å²) in [5.74, 6) is 0.859. The average Bonchev–Trinajstić information content (AvgIpc) is 2.19. The lowest BCUT2D eigenvalue weighted by atomic mass is 10.4. The molecule has 1 aromatic heterocycles. The molecular weight excluding hydrogens is 122 g/mol. The highest BCUT2D eigenvalue weighted by atomic mass is 32.1. The highest BCUT2D eigenvalue weighted by Gasteiger charge is 1.90. The molecule has 0 aliphatic heterocycles. The van der Waals surface area contributed by atoms with Gasteiger partial charge >= 0.3 is 0 Å². The molecule has 8 heavy (non-hydrogen) atoms. The number of rotatable bonds is 2. The fourth-order valence-corrected chi connectivity index (χ4v) is 0.908. The first-order chi connectivity index (χ1) is 3.93. The van der Waals surface area contributed by atoms with E-state index in [1.807, 2.05) is 0 Å². The van der Waals surface area contributed by atoms with Crippen LogP contribution in [0.1, 0.15) is 5.82 Å². The van der Waals surface area contributed by atoms with E-state index in [1.165, 1.54) is 11.5 Å². The maximum Gasteiger partial charge on any atom is 0.143 e. The zero-order valence-corrected chi connectivity index (χ0v) is 5.19. The lowest BCUT2D eigenvalue weighted by molar-refractivity contribution is 0.900. The van der Waals surface area contributed by atoms with Crippen LogP contribution in [-0.2, 0) is 6.42 Å². The Labute approximate surface area is 51.7 Å². The van der Waals surface area contributed by atoms with Crippen molar-refractivity contribution >= 4 is 11.5 Å². The Morgan fingerprint density at radius 3 is 3.12 bits per heavy atom. The van der Waals surface area contributed by atoms with Crippen molar-refractivity contribution in [1.29, 1.82) is 0 Å². The summed E-state index contributed by atoms with van der Waals surface area (Å²) >= 11 is 1.36. The van der Waals surface area contributed by atoms with Gasteiger partial charge in [-0.05, 0) is 18.1 Å². The second kappa shape index (κ2) is 2.74. The monoisotopic (exact) mass is 129 g/mol. The van der Waals surface area contributed by atoms with Gasteiger partial charge in [-0.3, -0.25) is 0 Å². The number of aromatic nitrogens is 2. The molecule has 0 saturated heterocycles. The van der Waals surface area contributed by atoms with Crippen molar-refractivity contribution in [2.75, 3.05) is 6.54 Å². The molecule has 0 aromatic carbocycles. The van der Waals surface area contributed by atoms with Crippen LogP contribution in [0.2, 0.25) is 0 Å². The van der Waals surface area contributed by atoms with Gasteiger partial charge in [-0.25, -0.2) is 4.98 Å². The third-order valence-electron chi connectivity index (χ3n) is 0.775. The third-order valence-corrected chi connectivity index (χ3v) is 1.29. The molecule has 44 valence electrons. The molecule has 0 atom stereocenters. The van der Waals surface area contributed by atoms with E-state index < -0.39 is 0 Å². The van der Waals surface area contributed by atoms with Gasteiger partial charge in [0, 0.05) is 6.42 Å². The van der Waals surface area contributed by atoms with Gasteiger partial charge in [-0.15, -0.1) is 0 Å². The Kier molecular flexibility index (Phi) is 1.93. The first-order valence-corrected chi connectivity index (χ1v) is 3.22. The van der Waals surface area contributed by atoms with E-state index in [-0.39, 0.29) is 0 Å². The van der Waals surface area contributed by atoms with Crippen molar-refractivity contribution in [1.82, 2.24) is 9.36 Å². The molecule has 1 rings (SSSR count). The molecule has 0 unspecified atom stereocenters. The van der Waals surface area contributed by atoms with Gasteiger partial charge in [0.25, 0.3) is 0 Å². The van der Waals surface area contributed by atoms with Crippen LogP contribution >= 0.6 is 11.5 Å². The van der Waals surface area contributed by atoms with E-state index in [1.54, 1.807) is 5.51 Å². The summed E-state index contributed by atoms with van der Waals surface area (Å²) in [6.45, 7) is 0.636. The van der Waals surface area contributed by atoms with Crippen molar-refractivity contribution < 1.29 is 0 Å². The van der Waals surface area contributed by atoms with Gasteiger partial charge in [0.1, 0.15) is 11.3 Å². The minimum Gasteiger partial charge on any atom is -0.330 e. The molecule has 0 radical (unpaired) electrons. The standard InChI is InChI=1S/C4H7N3S/c5-2-1-4-6-3-8-7-4/h3H,1-2,5H2. The fourth-order valence-electron chi connectivity index (χ4n) is 0.432. The Bertz CT molecular complexity index is 137. The topological polar surface area (TPSA) is 51.8 Å². The van der Waals surface area contributed by atoms with Crippen molar-refractivity contribution in [2.45, 2.75) is 6.42 Å². The van der Waals surface area contributed by atoms with E-state index in [2.05, 4.69) is 9.36 Å². The zero-order chi connectivity index (χ0) is 5.82. The van der Waals surface area contributed by atoms with E-state index in [9.17, 15) is 0 Å². The quantitative estimate of drug-likeness (QED) is 0.613. The molecule has 1 heterocycles. The molecule has 0 aliphatic carbocycles. The van der Waals surface area contributed by atoms with Gasteiger partial charge in [-0.1, -0.05) is 0 Å². The van der Waals surface area contributed by atoms with Gasteiger partial charge in [0.05, 0.1) is 0 Å². The summed E-state index contributed by atoms with van der Waals surface area (Å²) in [5, 5.41) is 0. The van der Waals surface area contributed by atoms with Crippen LogP contribution in [0.15, 0.2) is 5.51 Å². The summed E-state index contributed by atoms with van der Waals surface area (Å²) in [7, 11) is 0. The fraction of sp³-hybridized carbons (Fsp3) is 0.500. The van der Waals surface area contributed by atoms with Crippen LogP contribution in [0.25, 0.3) is 0 Å². The minimum absolute atomic E-state index is 0.636. The summed E-state index contributed by atoms with van der Waals surface area (Å²) < 4.78 is 3.96. The number of hydrogen-bond donors (Lipinski definition) is 1. The summed E-state index contributed by atoms with van der Waals surface area (Å²) in [4.78, 5) is 3.93. The highest BCUT2D eigenvalue weighted by Crippen LogP contribution is 1.92. The van der Waals surface area contributed by atoms with E-state index >= 15 is 0 Å².